The summed E-state index contributed by atoms with van der Waals surface area (Å²) in [5.74, 6) is -0.590. The van der Waals surface area contributed by atoms with Gasteiger partial charge in [-0.1, -0.05) is 19.1 Å². The van der Waals surface area contributed by atoms with Crippen LogP contribution in [0.25, 0.3) is 0 Å². The number of carbonyl (C=O) groups excluding carboxylic acids is 2. The fraction of sp³-hybridized carbons (Fsp3) is 0.625. The van der Waals surface area contributed by atoms with Gasteiger partial charge in [0.15, 0.2) is 0 Å². The number of nitrogens with zero attached hydrogens (tertiary/aromatic N) is 1. The highest BCUT2D eigenvalue weighted by Gasteiger charge is 2.39. The van der Waals surface area contributed by atoms with Gasteiger partial charge < -0.3 is 5.73 Å². The molecular weight excluding hydrogens is 188 g/mol. The third-order valence-electron chi connectivity index (χ3n) is 2.21. The number of imide groups is 1. The molecule has 2 N–H and O–H groups in total. The molecule has 0 aliphatic carbocycles. The first-order valence-corrected chi connectivity index (χ1v) is 4.51. The Morgan fingerprint density at radius 1 is 1.69 bits per heavy atom. The maximum Gasteiger partial charge on any atom is 0.233 e. The number of hydrogen-bond donors (Lipinski definition) is 1. The molecule has 0 spiro atoms. The molecule has 0 aromatic heterocycles. The second kappa shape index (κ2) is 3.41. The molecule has 2 unspecified atom stereocenters. The van der Waals surface area contributed by atoms with E-state index in [-0.39, 0.29) is 29.1 Å². The number of thiocarbonyl (C=S) groups is 1. The molecule has 2 atom stereocenters. The van der Waals surface area contributed by atoms with E-state index in [4.69, 9.17) is 18.0 Å². The van der Waals surface area contributed by atoms with E-state index < -0.39 is 6.04 Å². The predicted molar refractivity (Wildman–Crippen MR) is 51.9 cm³/mol. The van der Waals surface area contributed by atoms with Gasteiger partial charge in [-0.2, -0.15) is 0 Å². The second-order valence-electron chi connectivity index (χ2n) is 3.29. The Morgan fingerprint density at radius 2 is 2.23 bits per heavy atom. The Morgan fingerprint density at radius 3 is 2.54 bits per heavy atom. The smallest absolute Gasteiger partial charge is 0.233 e. The number of carbonyl (C=O) groups is 2. The molecule has 1 heterocycles. The van der Waals surface area contributed by atoms with Gasteiger partial charge in [-0.3, -0.25) is 14.5 Å². The fourth-order valence-corrected chi connectivity index (χ4v) is 1.45. The average molecular weight is 200 g/mol. The van der Waals surface area contributed by atoms with Crippen molar-refractivity contribution in [2.45, 2.75) is 26.3 Å². The van der Waals surface area contributed by atoms with Gasteiger partial charge in [0.2, 0.25) is 11.8 Å². The number of likely N-dealkylation sites (tertiary alicyclic amines) is 1. The van der Waals surface area contributed by atoms with E-state index in [0.717, 1.165) is 4.90 Å². The SMILES string of the molecule is CC1CC(=O)N(C(C)C(N)=S)C1=O. The van der Waals surface area contributed by atoms with Crippen LogP contribution < -0.4 is 5.73 Å². The second-order valence-corrected chi connectivity index (χ2v) is 3.76. The van der Waals surface area contributed by atoms with Crippen LogP contribution in [0.3, 0.4) is 0 Å². The number of amides is 2. The molecule has 1 saturated heterocycles. The van der Waals surface area contributed by atoms with Crippen LogP contribution in [0.15, 0.2) is 0 Å². The molecule has 1 aliphatic rings. The maximum absolute atomic E-state index is 11.5. The van der Waals surface area contributed by atoms with Crippen molar-refractivity contribution in [2.24, 2.45) is 11.7 Å². The zero-order valence-corrected chi connectivity index (χ0v) is 8.43. The number of nitrogens with two attached hydrogens (primary N) is 1. The first-order chi connectivity index (χ1) is 5.95. The van der Waals surface area contributed by atoms with Gasteiger partial charge in [-0.05, 0) is 6.92 Å². The molecular formula is C8H12N2O2S. The Labute approximate surface area is 82.1 Å². The molecule has 1 rings (SSSR count). The highest BCUT2D eigenvalue weighted by atomic mass is 32.1. The van der Waals surface area contributed by atoms with Crippen molar-refractivity contribution in [3.8, 4) is 0 Å². The summed E-state index contributed by atoms with van der Waals surface area (Å²) in [6.45, 7) is 3.39. The van der Waals surface area contributed by atoms with E-state index in [0.29, 0.717) is 0 Å². The Kier molecular flexibility index (Phi) is 2.66. The minimum atomic E-state index is -0.458. The van der Waals surface area contributed by atoms with Gasteiger partial charge in [-0.15, -0.1) is 0 Å². The van der Waals surface area contributed by atoms with E-state index in [2.05, 4.69) is 0 Å². The zero-order valence-electron chi connectivity index (χ0n) is 7.61. The monoisotopic (exact) mass is 200 g/mol. The van der Waals surface area contributed by atoms with Crippen molar-refractivity contribution in [3.63, 3.8) is 0 Å². The van der Waals surface area contributed by atoms with Crippen LogP contribution in [0.1, 0.15) is 20.3 Å². The molecule has 0 bridgehead atoms. The zero-order chi connectivity index (χ0) is 10.2. The van der Waals surface area contributed by atoms with Crippen LogP contribution in [0.4, 0.5) is 0 Å². The summed E-state index contributed by atoms with van der Waals surface area (Å²) in [6, 6.07) is -0.458. The molecule has 5 heteroatoms. The summed E-state index contributed by atoms with van der Waals surface area (Å²) in [5, 5.41) is 0. The summed E-state index contributed by atoms with van der Waals surface area (Å²) < 4.78 is 0. The van der Waals surface area contributed by atoms with Gasteiger partial charge >= 0.3 is 0 Å². The topological polar surface area (TPSA) is 63.4 Å². The number of rotatable bonds is 2. The summed E-state index contributed by atoms with van der Waals surface area (Å²) in [7, 11) is 0. The summed E-state index contributed by atoms with van der Waals surface area (Å²) in [6.07, 6.45) is 0.270. The molecule has 0 aromatic rings. The molecule has 4 nitrogen and oxygen atoms in total. The van der Waals surface area contributed by atoms with Gasteiger partial charge in [-0.25, -0.2) is 0 Å². The molecule has 0 saturated carbocycles. The third kappa shape index (κ3) is 1.70. The highest BCUT2D eigenvalue weighted by molar-refractivity contribution is 7.80. The Balaban J connectivity index is 2.86. The lowest BCUT2D eigenvalue weighted by Gasteiger charge is -2.21. The van der Waals surface area contributed by atoms with Crippen LogP contribution in [-0.2, 0) is 9.59 Å². The predicted octanol–water partition coefficient (Wildman–Crippen LogP) is 0.0560. The normalized spacial score (nSPS) is 25.1. The van der Waals surface area contributed by atoms with Crippen molar-refractivity contribution in [2.75, 3.05) is 0 Å². The Hall–Kier alpha value is -0.970. The lowest BCUT2D eigenvalue weighted by molar-refractivity contribution is -0.140. The van der Waals surface area contributed by atoms with Crippen LogP contribution in [-0.4, -0.2) is 27.7 Å². The van der Waals surface area contributed by atoms with E-state index in [1.807, 2.05) is 0 Å². The minimum absolute atomic E-state index is 0.176. The minimum Gasteiger partial charge on any atom is -0.392 e. The summed E-state index contributed by atoms with van der Waals surface area (Å²) in [4.78, 5) is 24.1. The van der Waals surface area contributed by atoms with Crippen LogP contribution in [0.5, 0.6) is 0 Å². The lowest BCUT2D eigenvalue weighted by Crippen LogP contribution is -2.45. The molecule has 2 amide bonds. The van der Waals surface area contributed by atoms with E-state index >= 15 is 0 Å². The molecule has 13 heavy (non-hydrogen) atoms. The van der Waals surface area contributed by atoms with E-state index in [1.54, 1.807) is 13.8 Å². The quantitative estimate of drug-likeness (QED) is 0.505. The summed E-state index contributed by atoms with van der Waals surface area (Å²) >= 11 is 4.73. The van der Waals surface area contributed by atoms with E-state index in [9.17, 15) is 9.59 Å². The van der Waals surface area contributed by atoms with Crippen molar-refractivity contribution < 1.29 is 9.59 Å². The molecule has 0 aromatic carbocycles. The first kappa shape index (κ1) is 10.1. The average Bonchev–Trinajstić information content (AvgIpc) is 2.26. The largest absolute Gasteiger partial charge is 0.392 e. The highest BCUT2D eigenvalue weighted by Crippen LogP contribution is 2.21. The van der Waals surface area contributed by atoms with Crippen molar-refractivity contribution in [1.82, 2.24) is 4.90 Å². The van der Waals surface area contributed by atoms with Crippen molar-refractivity contribution in [1.29, 1.82) is 0 Å². The van der Waals surface area contributed by atoms with Gasteiger partial charge in [0.1, 0.15) is 0 Å². The molecule has 72 valence electrons. The van der Waals surface area contributed by atoms with E-state index in [1.165, 1.54) is 0 Å². The summed E-state index contributed by atoms with van der Waals surface area (Å²) in [5.41, 5.74) is 5.37. The van der Waals surface area contributed by atoms with Crippen LogP contribution in [0, 0.1) is 5.92 Å². The maximum atomic E-state index is 11.5. The van der Waals surface area contributed by atoms with Gasteiger partial charge in [0.25, 0.3) is 0 Å². The van der Waals surface area contributed by atoms with Crippen LogP contribution in [0.2, 0.25) is 0 Å². The first-order valence-electron chi connectivity index (χ1n) is 4.10. The molecule has 1 aliphatic heterocycles. The third-order valence-corrected chi connectivity index (χ3v) is 2.55. The Bertz CT molecular complexity index is 277. The fourth-order valence-electron chi connectivity index (χ4n) is 1.34. The van der Waals surface area contributed by atoms with Crippen molar-refractivity contribution >= 4 is 29.0 Å². The van der Waals surface area contributed by atoms with Crippen LogP contribution >= 0.6 is 12.2 Å². The lowest BCUT2D eigenvalue weighted by atomic mass is 10.1. The van der Waals surface area contributed by atoms with Crippen molar-refractivity contribution in [3.05, 3.63) is 0 Å². The number of hydrogen-bond acceptors (Lipinski definition) is 3. The van der Waals surface area contributed by atoms with Gasteiger partial charge in [0, 0.05) is 12.3 Å². The molecule has 0 radical (unpaired) electrons. The molecule has 1 fully saturated rings. The van der Waals surface area contributed by atoms with Gasteiger partial charge in [0.05, 0.1) is 11.0 Å². The standard InChI is InChI=1S/C8H12N2O2S/c1-4-3-6(11)10(8(4)12)5(2)7(9)13/h4-5H,3H2,1-2H3,(H2,9,13).